The summed E-state index contributed by atoms with van der Waals surface area (Å²) in [6.07, 6.45) is 3.08. The van der Waals surface area contributed by atoms with Gasteiger partial charge in [-0.05, 0) is 36.7 Å². The van der Waals surface area contributed by atoms with Crippen molar-refractivity contribution in [2.24, 2.45) is 11.3 Å². The van der Waals surface area contributed by atoms with Crippen LogP contribution < -0.4 is 10.6 Å². The number of hydrogen-bond acceptors (Lipinski definition) is 4. The molecule has 2 N–H and O–H groups in total. The molecular formula is C25H32F3N5O2. The number of benzene rings is 1. The van der Waals surface area contributed by atoms with Crippen molar-refractivity contribution >= 4 is 11.8 Å². The zero-order valence-corrected chi connectivity index (χ0v) is 20.6. The van der Waals surface area contributed by atoms with E-state index in [1.54, 1.807) is 4.57 Å². The van der Waals surface area contributed by atoms with Crippen molar-refractivity contribution < 1.29 is 22.8 Å². The number of likely N-dealkylation sites (N-methyl/N-ethyl adjacent to an activating group) is 1. The number of aromatic nitrogens is 2. The summed E-state index contributed by atoms with van der Waals surface area (Å²) in [5.41, 5.74) is -0.160. The van der Waals surface area contributed by atoms with E-state index in [-0.39, 0.29) is 23.0 Å². The molecular weight excluding hydrogens is 459 g/mol. The second kappa shape index (κ2) is 9.64. The monoisotopic (exact) mass is 491 g/mol. The summed E-state index contributed by atoms with van der Waals surface area (Å²) < 4.78 is 44.1. The first-order valence-corrected chi connectivity index (χ1v) is 12.0. The SMILES string of the molecule is CNC(=O)[C@@H](NC(=O)c1nc(-c2cc(F)c(F)cc2F)n2c1CN(CC1CC1)CCC2)C(C)(C)C. The zero-order valence-electron chi connectivity index (χ0n) is 20.6. The number of halogens is 3. The fourth-order valence-corrected chi connectivity index (χ4v) is 4.55. The van der Waals surface area contributed by atoms with E-state index in [9.17, 15) is 22.8 Å². The number of carbonyl (C=O) groups is 2. The second-order valence-electron chi connectivity index (χ2n) is 10.5. The van der Waals surface area contributed by atoms with Gasteiger partial charge in [0.2, 0.25) is 5.91 Å². The molecule has 2 heterocycles. The number of fused-ring (bicyclic) bond motifs is 1. The van der Waals surface area contributed by atoms with Gasteiger partial charge < -0.3 is 15.2 Å². The third-order valence-corrected chi connectivity index (χ3v) is 6.63. The van der Waals surface area contributed by atoms with E-state index in [4.69, 9.17) is 0 Å². The van der Waals surface area contributed by atoms with Crippen molar-refractivity contribution in [1.82, 2.24) is 25.1 Å². The van der Waals surface area contributed by atoms with Gasteiger partial charge in [-0.25, -0.2) is 18.2 Å². The number of nitrogens with one attached hydrogen (secondary N) is 2. The van der Waals surface area contributed by atoms with E-state index in [0.717, 1.165) is 25.6 Å². The Hall–Kier alpha value is -2.88. The fourth-order valence-electron chi connectivity index (χ4n) is 4.55. The van der Waals surface area contributed by atoms with Crippen molar-refractivity contribution in [3.8, 4) is 11.4 Å². The van der Waals surface area contributed by atoms with E-state index in [2.05, 4.69) is 20.5 Å². The third kappa shape index (κ3) is 5.37. The van der Waals surface area contributed by atoms with E-state index >= 15 is 0 Å². The lowest BCUT2D eigenvalue weighted by molar-refractivity contribution is -0.124. The predicted octanol–water partition coefficient (Wildman–Crippen LogP) is 3.47. The van der Waals surface area contributed by atoms with Crippen LogP contribution in [0.25, 0.3) is 11.4 Å². The number of imidazole rings is 1. The number of hydrogen-bond donors (Lipinski definition) is 2. The highest BCUT2D eigenvalue weighted by molar-refractivity contribution is 5.97. The van der Waals surface area contributed by atoms with E-state index in [0.29, 0.717) is 30.8 Å². The van der Waals surface area contributed by atoms with Crippen LogP contribution in [-0.2, 0) is 17.9 Å². The second-order valence-corrected chi connectivity index (χ2v) is 10.5. The van der Waals surface area contributed by atoms with Gasteiger partial charge in [0.25, 0.3) is 5.91 Å². The lowest BCUT2D eigenvalue weighted by Gasteiger charge is -2.29. The summed E-state index contributed by atoms with van der Waals surface area (Å²) in [5.74, 6) is -3.66. The maximum absolute atomic E-state index is 14.7. The predicted molar refractivity (Wildman–Crippen MR) is 125 cm³/mol. The molecule has 0 saturated heterocycles. The molecule has 0 bridgehead atoms. The summed E-state index contributed by atoms with van der Waals surface area (Å²) in [6.45, 7) is 8.05. The number of nitrogens with zero attached hydrogens (tertiary/aromatic N) is 3. The fraction of sp³-hybridized carbons (Fsp3) is 0.560. The first-order chi connectivity index (χ1) is 16.5. The molecule has 0 spiro atoms. The van der Waals surface area contributed by atoms with Gasteiger partial charge in [-0.3, -0.25) is 14.5 Å². The first kappa shape index (κ1) is 25.2. The molecule has 7 nitrogen and oxygen atoms in total. The summed E-state index contributed by atoms with van der Waals surface area (Å²) >= 11 is 0. The van der Waals surface area contributed by atoms with Crippen molar-refractivity contribution in [2.75, 3.05) is 20.1 Å². The summed E-state index contributed by atoms with van der Waals surface area (Å²) in [6, 6.07) is 0.426. The van der Waals surface area contributed by atoms with Crippen LogP contribution in [0.15, 0.2) is 12.1 Å². The van der Waals surface area contributed by atoms with Crippen LogP contribution >= 0.6 is 0 Å². The quantitative estimate of drug-likeness (QED) is 0.607. The lowest BCUT2D eigenvalue weighted by Crippen LogP contribution is -2.53. The maximum Gasteiger partial charge on any atom is 0.272 e. The molecule has 0 radical (unpaired) electrons. The third-order valence-electron chi connectivity index (χ3n) is 6.63. The molecule has 35 heavy (non-hydrogen) atoms. The number of carbonyl (C=O) groups excluding carboxylic acids is 2. The van der Waals surface area contributed by atoms with Crippen molar-refractivity contribution in [3.63, 3.8) is 0 Å². The molecule has 1 aliphatic heterocycles. The van der Waals surface area contributed by atoms with Gasteiger partial charge in [0, 0.05) is 39.3 Å². The van der Waals surface area contributed by atoms with Crippen LogP contribution in [0.4, 0.5) is 13.2 Å². The molecule has 1 saturated carbocycles. The number of rotatable bonds is 6. The highest BCUT2D eigenvalue weighted by Gasteiger charge is 2.36. The van der Waals surface area contributed by atoms with Gasteiger partial charge in [0.15, 0.2) is 17.3 Å². The molecule has 1 aromatic carbocycles. The Kier molecular flexibility index (Phi) is 6.95. The Morgan fingerprint density at radius 3 is 2.43 bits per heavy atom. The van der Waals surface area contributed by atoms with Crippen LogP contribution in [0.1, 0.15) is 56.2 Å². The Morgan fingerprint density at radius 1 is 1.11 bits per heavy atom. The normalized spacial score (nSPS) is 17.5. The summed E-state index contributed by atoms with van der Waals surface area (Å²) in [7, 11) is 1.50. The van der Waals surface area contributed by atoms with E-state index < -0.39 is 34.8 Å². The number of amides is 2. The molecule has 1 aliphatic carbocycles. The molecule has 2 aromatic rings. The van der Waals surface area contributed by atoms with Crippen molar-refractivity contribution in [1.29, 1.82) is 0 Å². The molecule has 0 unspecified atom stereocenters. The van der Waals surface area contributed by atoms with E-state index in [1.807, 2.05) is 20.8 Å². The largest absolute Gasteiger partial charge is 0.357 e. The Balaban J connectivity index is 1.78. The summed E-state index contributed by atoms with van der Waals surface area (Å²) in [5, 5.41) is 5.36. The molecule has 2 amide bonds. The van der Waals surface area contributed by atoms with Crippen molar-refractivity contribution in [3.05, 3.63) is 41.0 Å². The highest BCUT2D eigenvalue weighted by Crippen LogP contribution is 2.33. The standard InChI is InChI=1S/C25H32F3N5O2/c1-25(2,3)21(24(35)29-4)31-23(34)20-19-13-32(12-14-6-7-14)8-5-9-33(19)22(30-20)15-10-17(27)18(28)11-16(15)26/h10-11,14,21H,5-9,12-13H2,1-4H3,(H,29,35)(H,31,34)/t21-/m1/s1. The van der Waals surface area contributed by atoms with Gasteiger partial charge in [-0.15, -0.1) is 0 Å². The van der Waals surface area contributed by atoms with Crippen LogP contribution in [-0.4, -0.2) is 52.4 Å². The smallest absolute Gasteiger partial charge is 0.272 e. The summed E-state index contributed by atoms with van der Waals surface area (Å²) in [4.78, 5) is 32.7. The van der Waals surface area contributed by atoms with Crippen LogP contribution in [0.3, 0.4) is 0 Å². The molecule has 190 valence electrons. The maximum atomic E-state index is 14.7. The van der Waals surface area contributed by atoms with Crippen LogP contribution in [0.2, 0.25) is 0 Å². The minimum absolute atomic E-state index is 0.0602. The minimum Gasteiger partial charge on any atom is -0.357 e. The lowest BCUT2D eigenvalue weighted by atomic mass is 9.86. The molecule has 1 atom stereocenters. The molecule has 1 aromatic heterocycles. The minimum atomic E-state index is -1.29. The molecule has 1 fully saturated rings. The first-order valence-electron chi connectivity index (χ1n) is 12.0. The van der Waals surface area contributed by atoms with E-state index in [1.165, 1.54) is 19.9 Å². The van der Waals surface area contributed by atoms with Gasteiger partial charge in [0.05, 0.1) is 11.3 Å². The van der Waals surface area contributed by atoms with Crippen LogP contribution in [0.5, 0.6) is 0 Å². The van der Waals surface area contributed by atoms with Gasteiger partial charge in [-0.1, -0.05) is 20.8 Å². The van der Waals surface area contributed by atoms with Gasteiger partial charge >= 0.3 is 0 Å². The Bertz CT molecular complexity index is 1140. The van der Waals surface area contributed by atoms with Gasteiger partial charge in [0.1, 0.15) is 17.7 Å². The highest BCUT2D eigenvalue weighted by atomic mass is 19.2. The molecule has 10 heteroatoms. The zero-order chi connectivity index (χ0) is 25.5. The van der Waals surface area contributed by atoms with Crippen LogP contribution in [0, 0.1) is 28.8 Å². The topological polar surface area (TPSA) is 79.3 Å². The van der Waals surface area contributed by atoms with Gasteiger partial charge in [-0.2, -0.15) is 0 Å². The Morgan fingerprint density at radius 2 is 1.80 bits per heavy atom. The molecule has 4 rings (SSSR count). The average molecular weight is 492 g/mol. The molecule has 2 aliphatic rings. The van der Waals surface area contributed by atoms with Crippen molar-refractivity contribution in [2.45, 2.75) is 59.2 Å². The Labute approximate surface area is 203 Å². The average Bonchev–Trinajstić information content (AvgIpc) is 3.57.